The van der Waals surface area contributed by atoms with E-state index < -0.39 is 0 Å². The highest BCUT2D eigenvalue weighted by Gasteiger charge is 2.05. The third-order valence-corrected chi connectivity index (χ3v) is 5.81. The van der Waals surface area contributed by atoms with E-state index in [1.807, 2.05) is 50.5 Å². The van der Waals surface area contributed by atoms with Crippen molar-refractivity contribution >= 4 is 22.8 Å². The Morgan fingerprint density at radius 1 is 0.559 bits per heavy atom. The molecule has 0 bridgehead atoms. The van der Waals surface area contributed by atoms with E-state index in [9.17, 15) is 0 Å². The minimum atomic E-state index is 1.02. The van der Waals surface area contributed by atoms with Gasteiger partial charge in [0.2, 0.25) is 0 Å². The summed E-state index contributed by atoms with van der Waals surface area (Å²) < 4.78 is 0. The molecule has 4 nitrogen and oxygen atoms in total. The van der Waals surface area contributed by atoms with Crippen LogP contribution in [0.4, 0.5) is 11.4 Å². The number of aryl methyl sites for hydroxylation is 6. The maximum atomic E-state index is 4.73. The number of benzene rings is 2. The van der Waals surface area contributed by atoms with Gasteiger partial charge in [0.05, 0.1) is 34.2 Å². The van der Waals surface area contributed by atoms with Crippen LogP contribution in [0, 0.1) is 41.5 Å². The average Bonchev–Trinajstić information content (AvgIpc) is 3.48. The number of rotatable bonds is 4. The maximum Gasteiger partial charge on any atom is 0.0692 e. The van der Waals surface area contributed by atoms with Crippen LogP contribution in [0.3, 0.4) is 0 Å². The molecule has 0 fully saturated rings. The summed E-state index contributed by atoms with van der Waals surface area (Å²) in [7, 11) is 0. The summed E-state index contributed by atoms with van der Waals surface area (Å²) in [5.74, 6) is 0. The Bertz CT molecular complexity index is 1150. The fraction of sp³-hybridized carbons (Fsp3) is 0.267. The monoisotopic (exact) mass is 452 g/mol. The van der Waals surface area contributed by atoms with Gasteiger partial charge in [0, 0.05) is 12.4 Å². The summed E-state index contributed by atoms with van der Waals surface area (Å²) in [4.78, 5) is 15.8. The van der Waals surface area contributed by atoms with Crippen molar-refractivity contribution in [1.82, 2.24) is 9.97 Å². The number of H-pyrrole nitrogens is 2. The van der Waals surface area contributed by atoms with Crippen LogP contribution in [-0.4, -0.2) is 21.4 Å². The lowest BCUT2D eigenvalue weighted by molar-refractivity contribution is 1.27. The highest BCUT2D eigenvalue weighted by molar-refractivity contribution is 5.99. The molecule has 4 aromatic rings. The first-order valence-electron chi connectivity index (χ1n) is 11.7. The summed E-state index contributed by atoms with van der Waals surface area (Å²) in [6.07, 6.45) is 3.84. The van der Waals surface area contributed by atoms with Crippen molar-refractivity contribution in [2.24, 2.45) is 9.98 Å². The third-order valence-electron chi connectivity index (χ3n) is 5.81. The first-order chi connectivity index (χ1) is 16.2. The molecule has 4 rings (SSSR count). The van der Waals surface area contributed by atoms with Crippen LogP contribution in [0.1, 0.15) is 58.6 Å². The Morgan fingerprint density at radius 2 is 0.882 bits per heavy atom. The lowest BCUT2D eigenvalue weighted by Gasteiger charge is -2.08. The number of nitrogens with zero attached hydrogens (tertiary/aromatic N) is 2. The zero-order valence-electron chi connectivity index (χ0n) is 21.7. The zero-order valence-corrected chi connectivity index (χ0v) is 21.7. The van der Waals surface area contributed by atoms with Crippen LogP contribution < -0.4 is 0 Å². The average molecular weight is 453 g/mol. The van der Waals surface area contributed by atoms with Gasteiger partial charge in [-0.05, 0) is 102 Å². The van der Waals surface area contributed by atoms with E-state index in [4.69, 9.17) is 9.98 Å². The van der Waals surface area contributed by atoms with E-state index in [1.165, 1.54) is 33.4 Å². The van der Waals surface area contributed by atoms with Gasteiger partial charge in [0.1, 0.15) is 0 Å². The summed E-state index contributed by atoms with van der Waals surface area (Å²) >= 11 is 0. The van der Waals surface area contributed by atoms with Gasteiger partial charge in [0.15, 0.2) is 0 Å². The lowest BCUT2D eigenvalue weighted by atomic mass is 10.1. The largest absolute Gasteiger partial charge is 0.360 e. The minimum absolute atomic E-state index is 1.02. The standard InChI is InChI=1S/2C15H18N2/c2*1-10-8-11(2)15(12(3)9-10)17-13(4)14-6-5-7-16-14/h2*5-9,16H,1-4H3. The number of aliphatic imine (C=N–C) groups is 2. The van der Waals surface area contributed by atoms with Gasteiger partial charge in [-0.15, -0.1) is 0 Å². The van der Waals surface area contributed by atoms with Gasteiger partial charge in [-0.3, -0.25) is 9.98 Å². The third kappa shape index (κ3) is 6.22. The molecule has 0 unspecified atom stereocenters. The van der Waals surface area contributed by atoms with E-state index in [0.29, 0.717) is 0 Å². The molecule has 2 aromatic heterocycles. The Balaban J connectivity index is 0.000000191. The van der Waals surface area contributed by atoms with E-state index in [2.05, 4.69) is 75.8 Å². The van der Waals surface area contributed by atoms with Crippen molar-refractivity contribution < 1.29 is 0 Å². The molecule has 2 heterocycles. The molecule has 0 radical (unpaired) electrons. The lowest BCUT2D eigenvalue weighted by Crippen LogP contribution is -1.95. The van der Waals surface area contributed by atoms with Crippen LogP contribution in [0.25, 0.3) is 0 Å². The first kappa shape index (κ1) is 25.0. The van der Waals surface area contributed by atoms with Crippen LogP contribution in [0.2, 0.25) is 0 Å². The van der Waals surface area contributed by atoms with Crippen LogP contribution in [0.15, 0.2) is 70.9 Å². The smallest absolute Gasteiger partial charge is 0.0692 e. The second-order valence-electron chi connectivity index (χ2n) is 9.06. The van der Waals surface area contributed by atoms with Gasteiger partial charge in [0.25, 0.3) is 0 Å². The summed E-state index contributed by atoms with van der Waals surface area (Å²) in [5, 5.41) is 0. The van der Waals surface area contributed by atoms with Crippen molar-refractivity contribution in [3.05, 3.63) is 106 Å². The molecule has 0 atom stereocenters. The molecular weight excluding hydrogens is 416 g/mol. The molecule has 2 aromatic carbocycles. The van der Waals surface area contributed by atoms with Crippen molar-refractivity contribution in [3.8, 4) is 0 Å². The quantitative estimate of drug-likeness (QED) is 0.293. The summed E-state index contributed by atoms with van der Waals surface area (Å²) in [6.45, 7) is 16.7. The Hall–Kier alpha value is -3.66. The van der Waals surface area contributed by atoms with Crippen LogP contribution >= 0.6 is 0 Å². The molecule has 0 amide bonds. The predicted octanol–water partition coefficient (Wildman–Crippen LogP) is 8.16. The Labute approximate surface area is 203 Å². The van der Waals surface area contributed by atoms with E-state index in [0.717, 1.165) is 34.2 Å². The van der Waals surface area contributed by atoms with Crippen LogP contribution in [0.5, 0.6) is 0 Å². The molecule has 34 heavy (non-hydrogen) atoms. The molecule has 0 saturated carbocycles. The van der Waals surface area contributed by atoms with Crippen LogP contribution in [-0.2, 0) is 0 Å². The maximum absolute atomic E-state index is 4.73. The Morgan fingerprint density at radius 3 is 1.15 bits per heavy atom. The fourth-order valence-electron chi connectivity index (χ4n) is 4.26. The molecule has 0 aliphatic carbocycles. The van der Waals surface area contributed by atoms with Gasteiger partial charge in [-0.1, -0.05) is 35.4 Å². The SMILES string of the molecule is CC(=Nc1c(C)cc(C)cc1C)c1ccc[nH]1.CC(=Nc1c(C)cc(C)cc1C)c1ccc[nH]1. The fourth-order valence-corrected chi connectivity index (χ4v) is 4.26. The number of hydrogen-bond donors (Lipinski definition) is 2. The highest BCUT2D eigenvalue weighted by atomic mass is 14.8. The molecule has 4 heteroatoms. The van der Waals surface area contributed by atoms with Gasteiger partial charge in [-0.25, -0.2) is 0 Å². The van der Waals surface area contributed by atoms with Crippen molar-refractivity contribution in [3.63, 3.8) is 0 Å². The van der Waals surface area contributed by atoms with E-state index in [-0.39, 0.29) is 0 Å². The molecule has 0 aliphatic rings. The van der Waals surface area contributed by atoms with Gasteiger partial charge < -0.3 is 9.97 Å². The number of aromatic nitrogens is 2. The molecule has 176 valence electrons. The van der Waals surface area contributed by atoms with Gasteiger partial charge >= 0.3 is 0 Å². The topological polar surface area (TPSA) is 56.3 Å². The first-order valence-corrected chi connectivity index (χ1v) is 11.7. The van der Waals surface area contributed by atoms with E-state index >= 15 is 0 Å². The minimum Gasteiger partial charge on any atom is -0.360 e. The predicted molar refractivity (Wildman–Crippen MR) is 147 cm³/mol. The highest BCUT2D eigenvalue weighted by Crippen LogP contribution is 2.26. The number of hydrogen-bond acceptors (Lipinski definition) is 2. The zero-order chi connectivity index (χ0) is 24.8. The van der Waals surface area contributed by atoms with E-state index in [1.54, 1.807) is 0 Å². The van der Waals surface area contributed by atoms with Crippen molar-refractivity contribution in [2.75, 3.05) is 0 Å². The van der Waals surface area contributed by atoms with Gasteiger partial charge in [-0.2, -0.15) is 0 Å². The molecule has 0 saturated heterocycles. The molecule has 2 N–H and O–H groups in total. The summed E-state index contributed by atoms with van der Waals surface area (Å²) in [5.41, 5.74) is 13.9. The molecule has 0 aliphatic heterocycles. The molecule has 0 spiro atoms. The molecular formula is C30H36N4. The second kappa shape index (κ2) is 11.0. The summed E-state index contributed by atoms with van der Waals surface area (Å²) in [6, 6.07) is 16.8. The number of nitrogens with one attached hydrogen (secondary N) is 2. The van der Waals surface area contributed by atoms with Crippen molar-refractivity contribution in [1.29, 1.82) is 0 Å². The normalized spacial score (nSPS) is 11.9. The second-order valence-corrected chi connectivity index (χ2v) is 9.06. The number of aromatic amines is 2. The Kier molecular flexibility index (Phi) is 8.06. The van der Waals surface area contributed by atoms with Crippen molar-refractivity contribution in [2.45, 2.75) is 55.4 Å².